The second-order valence-electron chi connectivity index (χ2n) is 6.93. The highest BCUT2D eigenvalue weighted by atomic mass is 16.5. The SMILES string of the molecule is COc1ccc(CC(=O)N[C@@H](C)C(=O)N2CCc3ccccc3C2)cc1OC. The van der Waals surface area contributed by atoms with Gasteiger partial charge in [0.1, 0.15) is 6.04 Å². The van der Waals surface area contributed by atoms with Crippen molar-refractivity contribution in [2.24, 2.45) is 0 Å². The smallest absolute Gasteiger partial charge is 0.245 e. The summed E-state index contributed by atoms with van der Waals surface area (Å²) in [4.78, 5) is 27.0. The minimum atomic E-state index is -0.571. The molecule has 1 heterocycles. The van der Waals surface area contributed by atoms with Crippen molar-refractivity contribution in [2.75, 3.05) is 20.8 Å². The lowest BCUT2D eigenvalue weighted by Crippen LogP contribution is -2.48. The number of methoxy groups -OCH3 is 2. The zero-order valence-corrected chi connectivity index (χ0v) is 16.5. The number of nitrogens with zero attached hydrogens (tertiary/aromatic N) is 1. The number of benzene rings is 2. The van der Waals surface area contributed by atoms with Crippen molar-refractivity contribution in [3.05, 3.63) is 59.2 Å². The largest absolute Gasteiger partial charge is 0.493 e. The van der Waals surface area contributed by atoms with E-state index in [1.807, 2.05) is 23.1 Å². The molecule has 0 saturated heterocycles. The van der Waals surface area contributed by atoms with Crippen LogP contribution in [0, 0.1) is 0 Å². The van der Waals surface area contributed by atoms with Crippen LogP contribution in [0.15, 0.2) is 42.5 Å². The molecule has 2 aromatic carbocycles. The average molecular weight is 382 g/mol. The van der Waals surface area contributed by atoms with Crippen LogP contribution in [0.25, 0.3) is 0 Å². The Balaban J connectivity index is 1.58. The minimum Gasteiger partial charge on any atom is -0.493 e. The predicted molar refractivity (Wildman–Crippen MR) is 106 cm³/mol. The van der Waals surface area contributed by atoms with Gasteiger partial charge in [-0.15, -0.1) is 0 Å². The van der Waals surface area contributed by atoms with Crippen LogP contribution in [0.4, 0.5) is 0 Å². The molecule has 0 fully saturated rings. The summed E-state index contributed by atoms with van der Waals surface area (Å²) in [5, 5.41) is 2.81. The Hall–Kier alpha value is -3.02. The van der Waals surface area contributed by atoms with Crippen molar-refractivity contribution in [1.82, 2.24) is 10.2 Å². The molecule has 0 spiro atoms. The van der Waals surface area contributed by atoms with Gasteiger partial charge in [0.2, 0.25) is 11.8 Å². The van der Waals surface area contributed by atoms with Crippen molar-refractivity contribution in [3.63, 3.8) is 0 Å². The molecule has 0 bridgehead atoms. The van der Waals surface area contributed by atoms with Gasteiger partial charge < -0.3 is 19.7 Å². The van der Waals surface area contributed by atoms with Gasteiger partial charge in [-0.3, -0.25) is 9.59 Å². The predicted octanol–water partition coefficient (Wildman–Crippen LogP) is 2.34. The van der Waals surface area contributed by atoms with Gasteiger partial charge >= 0.3 is 0 Å². The zero-order valence-electron chi connectivity index (χ0n) is 16.5. The number of carbonyl (C=O) groups excluding carboxylic acids is 2. The molecule has 0 aliphatic carbocycles. The van der Waals surface area contributed by atoms with E-state index >= 15 is 0 Å². The van der Waals surface area contributed by atoms with E-state index in [9.17, 15) is 9.59 Å². The van der Waals surface area contributed by atoms with Crippen molar-refractivity contribution < 1.29 is 19.1 Å². The van der Waals surface area contributed by atoms with E-state index in [1.165, 1.54) is 11.1 Å². The molecule has 0 unspecified atom stereocenters. The van der Waals surface area contributed by atoms with Gasteiger partial charge in [0, 0.05) is 13.1 Å². The van der Waals surface area contributed by atoms with Crippen molar-refractivity contribution >= 4 is 11.8 Å². The molecule has 28 heavy (non-hydrogen) atoms. The molecule has 148 valence electrons. The van der Waals surface area contributed by atoms with E-state index in [-0.39, 0.29) is 18.2 Å². The summed E-state index contributed by atoms with van der Waals surface area (Å²) < 4.78 is 10.5. The normalized spacial score (nSPS) is 14.0. The van der Waals surface area contributed by atoms with E-state index in [0.29, 0.717) is 24.6 Å². The molecule has 0 radical (unpaired) electrons. The first kappa shape index (κ1) is 19.7. The summed E-state index contributed by atoms with van der Waals surface area (Å²) in [7, 11) is 3.12. The quantitative estimate of drug-likeness (QED) is 0.833. The van der Waals surface area contributed by atoms with Gasteiger partial charge in [0.05, 0.1) is 20.6 Å². The Labute approximate surface area is 165 Å². The lowest BCUT2D eigenvalue weighted by atomic mass is 9.99. The Bertz CT molecular complexity index is 865. The highest BCUT2D eigenvalue weighted by Crippen LogP contribution is 2.27. The summed E-state index contributed by atoms with van der Waals surface area (Å²) in [5.41, 5.74) is 3.25. The average Bonchev–Trinajstić information content (AvgIpc) is 2.72. The maximum absolute atomic E-state index is 12.8. The van der Waals surface area contributed by atoms with E-state index in [0.717, 1.165) is 12.0 Å². The Morgan fingerprint density at radius 2 is 1.79 bits per heavy atom. The molecule has 6 nitrogen and oxygen atoms in total. The second kappa shape index (κ2) is 8.78. The van der Waals surface area contributed by atoms with Gasteiger partial charge in [-0.1, -0.05) is 30.3 Å². The number of rotatable bonds is 6. The lowest BCUT2D eigenvalue weighted by molar-refractivity contribution is -0.136. The van der Waals surface area contributed by atoms with Crippen LogP contribution in [0.5, 0.6) is 11.5 Å². The molecule has 6 heteroatoms. The fourth-order valence-corrected chi connectivity index (χ4v) is 3.49. The highest BCUT2D eigenvalue weighted by Gasteiger charge is 2.25. The van der Waals surface area contributed by atoms with Gasteiger partial charge in [-0.2, -0.15) is 0 Å². The van der Waals surface area contributed by atoms with Gasteiger partial charge in [0.25, 0.3) is 0 Å². The summed E-state index contributed by atoms with van der Waals surface area (Å²) >= 11 is 0. The molecule has 1 aliphatic heterocycles. The summed E-state index contributed by atoms with van der Waals surface area (Å²) in [6.07, 6.45) is 1.01. The van der Waals surface area contributed by atoms with Crippen LogP contribution >= 0.6 is 0 Å². The second-order valence-corrected chi connectivity index (χ2v) is 6.93. The fraction of sp³-hybridized carbons (Fsp3) is 0.364. The maximum Gasteiger partial charge on any atom is 0.245 e. The van der Waals surface area contributed by atoms with Crippen LogP contribution in [0.2, 0.25) is 0 Å². The number of hydrogen-bond donors (Lipinski definition) is 1. The highest BCUT2D eigenvalue weighted by molar-refractivity contribution is 5.88. The van der Waals surface area contributed by atoms with E-state index < -0.39 is 6.04 Å². The van der Waals surface area contributed by atoms with Gasteiger partial charge in [-0.05, 0) is 42.2 Å². The van der Waals surface area contributed by atoms with Crippen LogP contribution in [0.1, 0.15) is 23.6 Å². The Morgan fingerprint density at radius 3 is 2.50 bits per heavy atom. The van der Waals surface area contributed by atoms with Crippen molar-refractivity contribution in [1.29, 1.82) is 0 Å². The standard InChI is InChI=1S/C22H26N2O4/c1-15(22(26)24-11-10-17-6-4-5-7-18(17)14-24)23-21(25)13-16-8-9-19(27-2)20(12-16)28-3/h4-9,12,15H,10-11,13-14H2,1-3H3,(H,23,25)/t15-/m0/s1. The van der Waals surface area contributed by atoms with Crippen LogP contribution in [0.3, 0.4) is 0 Å². The maximum atomic E-state index is 12.8. The Morgan fingerprint density at radius 1 is 1.07 bits per heavy atom. The Kier molecular flexibility index (Phi) is 6.19. The molecule has 1 aliphatic rings. The number of nitrogens with one attached hydrogen (secondary N) is 1. The zero-order chi connectivity index (χ0) is 20.1. The third-order valence-electron chi connectivity index (χ3n) is 5.00. The molecule has 2 amide bonds. The minimum absolute atomic E-state index is 0.0600. The van der Waals surface area contributed by atoms with E-state index in [2.05, 4.69) is 17.4 Å². The molecule has 1 N–H and O–H groups in total. The van der Waals surface area contributed by atoms with E-state index in [4.69, 9.17) is 9.47 Å². The number of carbonyl (C=O) groups is 2. The van der Waals surface area contributed by atoms with Crippen LogP contribution < -0.4 is 14.8 Å². The first-order valence-corrected chi connectivity index (χ1v) is 9.37. The third-order valence-corrected chi connectivity index (χ3v) is 5.00. The molecule has 1 atom stereocenters. The monoisotopic (exact) mass is 382 g/mol. The van der Waals surface area contributed by atoms with Gasteiger partial charge in [-0.25, -0.2) is 0 Å². The summed E-state index contributed by atoms with van der Waals surface area (Å²) in [5.74, 6) is 0.921. The van der Waals surface area contributed by atoms with Crippen molar-refractivity contribution in [3.8, 4) is 11.5 Å². The third kappa shape index (κ3) is 4.44. The topological polar surface area (TPSA) is 67.9 Å². The fourth-order valence-electron chi connectivity index (χ4n) is 3.49. The number of amides is 2. The number of ether oxygens (including phenoxy) is 2. The van der Waals surface area contributed by atoms with Crippen LogP contribution in [-0.2, 0) is 29.0 Å². The molecular weight excluding hydrogens is 356 g/mol. The number of fused-ring (bicyclic) bond motifs is 1. The lowest BCUT2D eigenvalue weighted by Gasteiger charge is -2.31. The molecule has 3 rings (SSSR count). The van der Waals surface area contributed by atoms with Crippen molar-refractivity contribution in [2.45, 2.75) is 32.4 Å². The summed E-state index contributed by atoms with van der Waals surface area (Å²) in [6.45, 7) is 2.99. The molecule has 0 saturated carbocycles. The molecule has 0 aromatic heterocycles. The van der Waals surface area contributed by atoms with Gasteiger partial charge in [0.15, 0.2) is 11.5 Å². The molecular formula is C22H26N2O4. The van der Waals surface area contributed by atoms with Crippen LogP contribution in [-0.4, -0.2) is 43.5 Å². The summed E-state index contributed by atoms with van der Waals surface area (Å²) in [6, 6.07) is 12.9. The molecule has 2 aromatic rings. The number of hydrogen-bond acceptors (Lipinski definition) is 4. The van der Waals surface area contributed by atoms with E-state index in [1.54, 1.807) is 33.3 Å². The first-order chi connectivity index (χ1) is 13.5. The first-order valence-electron chi connectivity index (χ1n) is 9.37.